The molecule has 18 heavy (non-hydrogen) atoms. The summed E-state index contributed by atoms with van der Waals surface area (Å²) in [7, 11) is -3.41. The van der Waals surface area contributed by atoms with E-state index >= 15 is 0 Å². The summed E-state index contributed by atoms with van der Waals surface area (Å²) >= 11 is 5.96. The zero-order valence-corrected chi connectivity index (χ0v) is 12.4. The average molecular weight is 311 g/mol. The summed E-state index contributed by atoms with van der Waals surface area (Å²) in [5.41, 5.74) is 0.618. The Morgan fingerprint density at radius 2 is 1.89 bits per heavy atom. The van der Waals surface area contributed by atoms with Gasteiger partial charge in [0.15, 0.2) is 0 Å². The minimum absolute atomic E-state index is 0. The molecule has 1 saturated heterocycles. The number of nitrogens with one attached hydrogen (secondary N) is 1. The first kappa shape index (κ1) is 15.7. The highest BCUT2D eigenvalue weighted by molar-refractivity contribution is 7.89. The highest BCUT2D eigenvalue weighted by atomic mass is 35.5. The predicted octanol–water partition coefficient (Wildman–Crippen LogP) is 1.66. The lowest BCUT2D eigenvalue weighted by Crippen LogP contribution is -2.46. The third-order valence-corrected chi connectivity index (χ3v) is 5.36. The van der Waals surface area contributed by atoms with Gasteiger partial charge in [0.1, 0.15) is 0 Å². The van der Waals surface area contributed by atoms with E-state index in [1.807, 2.05) is 0 Å². The van der Waals surface area contributed by atoms with Crippen LogP contribution in [0.25, 0.3) is 0 Å². The van der Waals surface area contributed by atoms with Crippen molar-refractivity contribution in [1.82, 2.24) is 9.62 Å². The molecule has 102 valence electrons. The Balaban J connectivity index is 0.00000162. The fraction of sp³-hybridized carbons (Fsp3) is 0.455. The fourth-order valence-corrected chi connectivity index (χ4v) is 3.81. The lowest BCUT2D eigenvalue weighted by atomic mass is 10.2. The summed E-state index contributed by atoms with van der Waals surface area (Å²) in [6.45, 7) is 4.14. The van der Waals surface area contributed by atoms with Crippen LogP contribution in [0.2, 0.25) is 5.02 Å². The molecule has 1 heterocycles. The zero-order chi connectivity index (χ0) is 12.5. The third-order valence-electron chi connectivity index (χ3n) is 2.91. The first-order valence-electron chi connectivity index (χ1n) is 5.49. The molecule has 0 atom stereocenters. The molecule has 0 aliphatic carbocycles. The van der Waals surface area contributed by atoms with Crippen molar-refractivity contribution in [3.05, 3.63) is 28.8 Å². The van der Waals surface area contributed by atoms with Gasteiger partial charge in [-0.3, -0.25) is 0 Å². The molecule has 1 aromatic carbocycles. The Morgan fingerprint density at radius 3 is 2.50 bits per heavy atom. The molecule has 0 saturated carbocycles. The van der Waals surface area contributed by atoms with E-state index in [-0.39, 0.29) is 12.4 Å². The number of hydrogen-bond acceptors (Lipinski definition) is 3. The van der Waals surface area contributed by atoms with Gasteiger partial charge in [-0.2, -0.15) is 4.31 Å². The first-order chi connectivity index (χ1) is 8.03. The van der Waals surface area contributed by atoms with Gasteiger partial charge in [0.25, 0.3) is 0 Å². The van der Waals surface area contributed by atoms with Gasteiger partial charge >= 0.3 is 0 Å². The van der Waals surface area contributed by atoms with E-state index in [1.165, 1.54) is 4.31 Å². The molecule has 1 fully saturated rings. The van der Waals surface area contributed by atoms with Gasteiger partial charge in [-0.25, -0.2) is 8.42 Å². The van der Waals surface area contributed by atoms with E-state index in [1.54, 1.807) is 25.1 Å². The van der Waals surface area contributed by atoms with Gasteiger partial charge in [0.2, 0.25) is 10.0 Å². The molecular formula is C11H16Cl2N2O2S. The van der Waals surface area contributed by atoms with Gasteiger partial charge in [-0.15, -0.1) is 12.4 Å². The van der Waals surface area contributed by atoms with E-state index < -0.39 is 10.0 Å². The van der Waals surface area contributed by atoms with Crippen LogP contribution in [0.15, 0.2) is 23.1 Å². The van der Waals surface area contributed by atoms with E-state index in [2.05, 4.69) is 5.32 Å². The van der Waals surface area contributed by atoms with Crippen LogP contribution in [-0.2, 0) is 10.0 Å². The molecule has 7 heteroatoms. The Labute approximate surface area is 119 Å². The van der Waals surface area contributed by atoms with Crippen molar-refractivity contribution in [2.24, 2.45) is 0 Å². The summed E-state index contributed by atoms with van der Waals surface area (Å²) < 4.78 is 26.3. The molecule has 0 spiro atoms. The van der Waals surface area contributed by atoms with Crippen LogP contribution in [0.5, 0.6) is 0 Å². The number of sulfonamides is 1. The van der Waals surface area contributed by atoms with Gasteiger partial charge < -0.3 is 5.32 Å². The van der Waals surface area contributed by atoms with Gasteiger partial charge in [0, 0.05) is 31.2 Å². The summed E-state index contributed by atoms with van der Waals surface area (Å²) in [5.74, 6) is 0. The zero-order valence-electron chi connectivity index (χ0n) is 10.0. The maximum atomic E-state index is 12.4. The molecule has 1 N–H and O–H groups in total. The molecule has 0 unspecified atom stereocenters. The maximum absolute atomic E-state index is 12.4. The van der Waals surface area contributed by atoms with E-state index in [9.17, 15) is 8.42 Å². The molecule has 4 nitrogen and oxygen atoms in total. The standard InChI is InChI=1S/C11H15ClN2O2S.ClH/c1-9-10(12)3-2-4-11(9)17(15,16)14-7-5-13-6-8-14;/h2-4,13H,5-8H2,1H3;1H. The molecule has 0 bridgehead atoms. The lowest BCUT2D eigenvalue weighted by molar-refractivity contribution is 0.360. The smallest absolute Gasteiger partial charge is 0.243 e. The van der Waals surface area contributed by atoms with Crippen LogP contribution in [0.1, 0.15) is 5.56 Å². The van der Waals surface area contributed by atoms with Crippen molar-refractivity contribution in [3.8, 4) is 0 Å². The van der Waals surface area contributed by atoms with Crippen molar-refractivity contribution in [2.75, 3.05) is 26.2 Å². The van der Waals surface area contributed by atoms with Gasteiger partial charge in [0.05, 0.1) is 4.90 Å². The Bertz CT molecular complexity index is 514. The Kier molecular flexibility index (Phi) is 5.43. The number of hydrogen-bond donors (Lipinski definition) is 1. The third kappa shape index (κ3) is 2.97. The second-order valence-electron chi connectivity index (χ2n) is 4.02. The van der Waals surface area contributed by atoms with Crippen LogP contribution in [0.4, 0.5) is 0 Å². The topological polar surface area (TPSA) is 49.4 Å². The summed E-state index contributed by atoms with van der Waals surface area (Å²) in [4.78, 5) is 0.312. The second-order valence-corrected chi connectivity index (χ2v) is 6.33. The highest BCUT2D eigenvalue weighted by Gasteiger charge is 2.27. The lowest BCUT2D eigenvalue weighted by Gasteiger charge is -2.27. The molecule has 1 aliphatic rings. The van der Waals surface area contributed by atoms with Crippen LogP contribution < -0.4 is 5.32 Å². The quantitative estimate of drug-likeness (QED) is 0.904. The van der Waals surface area contributed by atoms with Crippen LogP contribution in [0.3, 0.4) is 0 Å². The van der Waals surface area contributed by atoms with Crippen LogP contribution in [-0.4, -0.2) is 38.9 Å². The molecule has 0 radical (unpaired) electrons. The molecular weight excluding hydrogens is 295 g/mol. The summed E-state index contributed by atoms with van der Waals surface area (Å²) in [5, 5.41) is 3.62. The van der Waals surface area contributed by atoms with E-state index in [4.69, 9.17) is 11.6 Å². The maximum Gasteiger partial charge on any atom is 0.243 e. The van der Waals surface area contributed by atoms with Crippen LogP contribution in [0, 0.1) is 6.92 Å². The monoisotopic (exact) mass is 310 g/mol. The molecule has 2 rings (SSSR count). The number of piperazine rings is 1. The molecule has 0 amide bonds. The van der Waals surface area contributed by atoms with Crippen LogP contribution >= 0.6 is 24.0 Å². The minimum Gasteiger partial charge on any atom is -0.314 e. The van der Waals surface area contributed by atoms with Gasteiger partial charge in [-0.1, -0.05) is 17.7 Å². The van der Waals surface area contributed by atoms with Crippen molar-refractivity contribution < 1.29 is 8.42 Å². The minimum atomic E-state index is -3.41. The molecule has 1 aliphatic heterocycles. The summed E-state index contributed by atoms with van der Waals surface area (Å²) in [6.07, 6.45) is 0. The molecule has 0 aromatic heterocycles. The predicted molar refractivity (Wildman–Crippen MR) is 75.1 cm³/mol. The number of benzene rings is 1. The Hall–Kier alpha value is -0.330. The number of nitrogens with zero attached hydrogens (tertiary/aromatic N) is 1. The van der Waals surface area contributed by atoms with Crippen molar-refractivity contribution in [3.63, 3.8) is 0 Å². The van der Waals surface area contributed by atoms with Crippen molar-refractivity contribution in [2.45, 2.75) is 11.8 Å². The Morgan fingerprint density at radius 1 is 1.28 bits per heavy atom. The van der Waals surface area contributed by atoms with Crippen molar-refractivity contribution in [1.29, 1.82) is 0 Å². The molecule has 1 aromatic rings. The average Bonchev–Trinajstić information content (AvgIpc) is 2.33. The highest BCUT2D eigenvalue weighted by Crippen LogP contribution is 2.25. The fourth-order valence-electron chi connectivity index (χ4n) is 1.89. The van der Waals surface area contributed by atoms with E-state index in [0.29, 0.717) is 41.7 Å². The van der Waals surface area contributed by atoms with Crippen molar-refractivity contribution >= 4 is 34.0 Å². The largest absolute Gasteiger partial charge is 0.314 e. The summed E-state index contributed by atoms with van der Waals surface area (Å²) in [6, 6.07) is 4.98. The number of rotatable bonds is 2. The van der Waals surface area contributed by atoms with E-state index in [0.717, 1.165) is 0 Å². The first-order valence-corrected chi connectivity index (χ1v) is 7.31. The SMILES string of the molecule is Cc1c(Cl)cccc1S(=O)(=O)N1CCNCC1.Cl. The van der Waals surface area contributed by atoms with Gasteiger partial charge in [-0.05, 0) is 24.6 Å². The number of halogens is 2. The normalized spacial score (nSPS) is 17.2. The second kappa shape index (κ2) is 6.21.